The highest BCUT2D eigenvalue weighted by molar-refractivity contribution is 5.92. The summed E-state index contributed by atoms with van der Waals surface area (Å²) < 4.78 is 1.59. The van der Waals surface area contributed by atoms with E-state index >= 15 is 0 Å². The van der Waals surface area contributed by atoms with Crippen LogP contribution in [0.15, 0.2) is 42.6 Å². The fourth-order valence-electron chi connectivity index (χ4n) is 2.39. The van der Waals surface area contributed by atoms with Crippen molar-refractivity contribution in [3.63, 3.8) is 0 Å². The third kappa shape index (κ3) is 4.63. The van der Waals surface area contributed by atoms with E-state index in [1.807, 2.05) is 0 Å². The van der Waals surface area contributed by atoms with Crippen molar-refractivity contribution in [2.75, 3.05) is 17.2 Å². The predicted octanol–water partition coefficient (Wildman–Crippen LogP) is 2.14. The van der Waals surface area contributed by atoms with Gasteiger partial charge in [-0.2, -0.15) is 5.10 Å². The third-order valence-electron chi connectivity index (χ3n) is 3.58. The van der Waals surface area contributed by atoms with Gasteiger partial charge < -0.3 is 10.6 Å². The summed E-state index contributed by atoms with van der Waals surface area (Å²) in [7, 11) is 1.76. The molecule has 3 rings (SSSR count). The Hall–Kier alpha value is -3.82. The number of nitro benzene ring substituents is 1. The monoisotopic (exact) mass is 367 g/mol. The van der Waals surface area contributed by atoms with E-state index in [9.17, 15) is 14.9 Å². The Balaban J connectivity index is 1.72. The summed E-state index contributed by atoms with van der Waals surface area (Å²) >= 11 is 0. The molecule has 0 saturated carbocycles. The minimum Gasteiger partial charge on any atom is -0.361 e. The average Bonchev–Trinajstić information content (AvgIpc) is 3.04. The van der Waals surface area contributed by atoms with E-state index in [1.165, 1.54) is 12.1 Å². The largest absolute Gasteiger partial charge is 0.361 e. The number of carbonyl (C=O) groups is 1. The molecule has 2 heterocycles. The van der Waals surface area contributed by atoms with Crippen LogP contribution in [0.5, 0.6) is 0 Å². The Kier molecular flexibility index (Phi) is 5.06. The van der Waals surface area contributed by atoms with Gasteiger partial charge in [0.25, 0.3) is 5.69 Å². The van der Waals surface area contributed by atoms with Crippen LogP contribution in [0.4, 0.5) is 17.3 Å². The molecule has 27 heavy (non-hydrogen) atoms. The van der Waals surface area contributed by atoms with Crippen LogP contribution in [-0.4, -0.2) is 37.1 Å². The molecule has 2 N–H and O–H groups in total. The number of non-ortho nitro benzene ring substituents is 1. The highest BCUT2D eigenvalue weighted by atomic mass is 16.6. The van der Waals surface area contributed by atoms with Gasteiger partial charge in [0.1, 0.15) is 5.82 Å². The smallest absolute Gasteiger partial charge is 0.270 e. The van der Waals surface area contributed by atoms with Crippen LogP contribution < -0.4 is 10.6 Å². The number of nitro groups is 1. The summed E-state index contributed by atoms with van der Waals surface area (Å²) in [6, 6.07) is 9.46. The molecule has 138 valence electrons. The topological polar surface area (TPSA) is 128 Å². The molecule has 0 radical (unpaired) electrons. The summed E-state index contributed by atoms with van der Waals surface area (Å²) in [4.78, 5) is 31.1. The second-order valence-electron chi connectivity index (χ2n) is 5.80. The van der Waals surface area contributed by atoms with Gasteiger partial charge in [-0.05, 0) is 6.92 Å². The van der Waals surface area contributed by atoms with Gasteiger partial charge in [-0.3, -0.25) is 19.6 Å². The fourth-order valence-corrected chi connectivity index (χ4v) is 2.39. The maximum atomic E-state index is 12.0. The number of nitrogens with one attached hydrogen (secondary N) is 2. The Morgan fingerprint density at radius 3 is 2.74 bits per heavy atom. The molecule has 0 atom stereocenters. The first-order valence-corrected chi connectivity index (χ1v) is 8.04. The summed E-state index contributed by atoms with van der Waals surface area (Å²) in [5, 5.41) is 20.6. The van der Waals surface area contributed by atoms with Crippen LogP contribution in [-0.2, 0) is 11.8 Å². The molecule has 0 aliphatic rings. The molecule has 0 aliphatic heterocycles. The lowest BCUT2D eigenvalue weighted by Crippen LogP contribution is -2.22. The first-order chi connectivity index (χ1) is 12.9. The number of rotatable bonds is 6. The highest BCUT2D eigenvalue weighted by Crippen LogP contribution is 2.22. The second-order valence-corrected chi connectivity index (χ2v) is 5.80. The van der Waals surface area contributed by atoms with Crippen molar-refractivity contribution in [2.24, 2.45) is 7.05 Å². The zero-order chi connectivity index (χ0) is 19.4. The van der Waals surface area contributed by atoms with E-state index in [4.69, 9.17) is 0 Å². The van der Waals surface area contributed by atoms with E-state index in [-0.39, 0.29) is 18.1 Å². The van der Waals surface area contributed by atoms with Crippen molar-refractivity contribution < 1.29 is 9.72 Å². The molecule has 0 saturated heterocycles. The number of aryl methyl sites for hydroxylation is 2. The van der Waals surface area contributed by atoms with Crippen molar-refractivity contribution in [3.8, 4) is 11.4 Å². The number of nitrogens with zero attached hydrogens (tertiary/aromatic N) is 5. The Bertz CT molecular complexity index is 1000. The predicted molar refractivity (Wildman–Crippen MR) is 99.2 cm³/mol. The normalized spacial score (nSPS) is 10.4. The number of hydrogen-bond donors (Lipinski definition) is 2. The summed E-state index contributed by atoms with van der Waals surface area (Å²) in [5.41, 5.74) is 1.15. The van der Waals surface area contributed by atoms with Crippen molar-refractivity contribution >= 4 is 23.2 Å². The maximum absolute atomic E-state index is 12.0. The Morgan fingerprint density at radius 2 is 2.04 bits per heavy atom. The lowest BCUT2D eigenvalue weighted by molar-refractivity contribution is -0.384. The van der Waals surface area contributed by atoms with E-state index in [1.54, 1.807) is 49.1 Å². The minimum absolute atomic E-state index is 0.0125. The second kappa shape index (κ2) is 7.60. The number of carbonyl (C=O) groups excluding carboxylic acids is 1. The number of hydrogen-bond acceptors (Lipinski definition) is 7. The average molecular weight is 367 g/mol. The van der Waals surface area contributed by atoms with Gasteiger partial charge in [-0.15, -0.1) is 0 Å². The molecular formula is C17H17N7O3. The zero-order valence-electron chi connectivity index (χ0n) is 14.7. The fraction of sp³-hybridized carbons (Fsp3) is 0.176. The Morgan fingerprint density at radius 1 is 1.22 bits per heavy atom. The molecule has 0 spiro atoms. The molecule has 1 aromatic carbocycles. The van der Waals surface area contributed by atoms with E-state index in [2.05, 4.69) is 25.7 Å². The third-order valence-corrected chi connectivity index (χ3v) is 3.58. The van der Waals surface area contributed by atoms with Crippen molar-refractivity contribution in [3.05, 3.63) is 58.4 Å². The van der Waals surface area contributed by atoms with Gasteiger partial charge in [-0.25, -0.2) is 9.97 Å². The maximum Gasteiger partial charge on any atom is 0.270 e. The molecule has 3 aromatic rings. The van der Waals surface area contributed by atoms with Gasteiger partial charge in [-0.1, -0.05) is 12.1 Å². The van der Waals surface area contributed by atoms with Crippen LogP contribution in [0.3, 0.4) is 0 Å². The molecule has 1 amide bonds. The SMILES string of the molecule is Cc1cc(NCC(=O)Nc2ccn(C)n2)nc(-c2cccc([N+](=O)[O-])c2)n1. The number of benzene rings is 1. The summed E-state index contributed by atoms with van der Waals surface area (Å²) in [6.07, 6.45) is 1.72. The Labute approximate surface area is 154 Å². The molecular weight excluding hydrogens is 350 g/mol. The van der Waals surface area contributed by atoms with Crippen LogP contribution in [0.2, 0.25) is 0 Å². The van der Waals surface area contributed by atoms with Gasteiger partial charge in [0.15, 0.2) is 11.6 Å². The van der Waals surface area contributed by atoms with E-state index in [0.717, 1.165) is 0 Å². The minimum atomic E-state index is -0.472. The van der Waals surface area contributed by atoms with Gasteiger partial charge in [0.2, 0.25) is 5.91 Å². The molecule has 10 heteroatoms. The van der Waals surface area contributed by atoms with Crippen LogP contribution >= 0.6 is 0 Å². The lowest BCUT2D eigenvalue weighted by atomic mass is 10.2. The molecule has 10 nitrogen and oxygen atoms in total. The summed E-state index contributed by atoms with van der Waals surface area (Å²) in [5.74, 6) is 0.967. The number of aromatic nitrogens is 4. The number of anilines is 2. The number of amides is 1. The van der Waals surface area contributed by atoms with Gasteiger partial charge >= 0.3 is 0 Å². The van der Waals surface area contributed by atoms with Crippen LogP contribution in [0.25, 0.3) is 11.4 Å². The zero-order valence-corrected chi connectivity index (χ0v) is 14.7. The molecule has 0 unspecified atom stereocenters. The first-order valence-electron chi connectivity index (χ1n) is 8.04. The molecule has 2 aromatic heterocycles. The van der Waals surface area contributed by atoms with Crippen molar-refractivity contribution in [1.82, 2.24) is 19.7 Å². The van der Waals surface area contributed by atoms with Crippen molar-refractivity contribution in [2.45, 2.75) is 6.92 Å². The van der Waals surface area contributed by atoms with Gasteiger partial charge in [0.05, 0.1) is 11.5 Å². The highest BCUT2D eigenvalue weighted by Gasteiger charge is 2.11. The van der Waals surface area contributed by atoms with Crippen LogP contribution in [0.1, 0.15) is 5.69 Å². The quantitative estimate of drug-likeness (QED) is 0.504. The molecule has 0 fully saturated rings. The van der Waals surface area contributed by atoms with Crippen molar-refractivity contribution in [1.29, 1.82) is 0 Å². The molecule has 0 aliphatic carbocycles. The standard InChI is InChI=1S/C17H17N7O3/c1-11-8-15(18-10-16(25)20-14-6-7-23(2)22-14)21-17(19-11)12-4-3-5-13(9-12)24(26)27/h3-9H,10H2,1-2H3,(H,18,19,21)(H,20,22,25). The van der Waals surface area contributed by atoms with Crippen LogP contribution in [0, 0.1) is 17.0 Å². The first kappa shape index (κ1) is 18.0. The van der Waals surface area contributed by atoms with Gasteiger partial charge in [0, 0.05) is 48.8 Å². The molecule has 0 bridgehead atoms. The lowest BCUT2D eigenvalue weighted by Gasteiger charge is -2.08. The van der Waals surface area contributed by atoms with E-state index < -0.39 is 4.92 Å². The summed E-state index contributed by atoms with van der Waals surface area (Å²) in [6.45, 7) is 1.77. The van der Waals surface area contributed by atoms with E-state index in [0.29, 0.717) is 28.7 Å².